The van der Waals surface area contributed by atoms with Crippen LogP contribution in [0.5, 0.6) is 11.5 Å². The summed E-state index contributed by atoms with van der Waals surface area (Å²) in [7, 11) is -3.74. The van der Waals surface area contributed by atoms with Crippen molar-refractivity contribution in [1.29, 1.82) is 0 Å². The summed E-state index contributed by atoms with van der Waals surface area (Å²) >= 11 is 0. The summed E-state index contributed by atoms with van der Waals surface area (Å²) < 4.78 is 25.5. The average Bonchev–Trinajstić information content (AvgIpc) is 2.51. The minimum Gasteiger partial charge on any atom is -0.507 e. The van der Waals surface area contributed by atoms with Gasteiger partial charge in [0.2, 0.25) is 9.84 Å². The lowest BCUT2D eigenvalue weighted by Crippen LogP contribution is -2.02. The molecule has 0 saturated heterocycles. The van der Waals surface area contributed by atoms with Gasteiger partial charge in [0.05, 0.1) is 9.79 Å². The summed E-state index contributed by atoms with van der Waals surface area (Å²) in [5, 5.41) is 19.5. The van der Waals surface area contributed by atoms with E-state index in [0.29, 0.717) is 11.1 Å². The molecular formula is C18H18O4S. The largest absolute Gasteiger partial charge is 0.507 e. The van der Waals surface area contributed by atoms with Gasteiger partial charge in [-0.2, -0.15) is 0 Å². The molecule has 0 fully saturated rings. The highest BCUT2D eigenvalue weighted by Gasteiger charge is 2.19. The van der Waals surface area contributed by atoms with Crippen LogP contribution in [0.4, 0.5) is 0 Å². The summed E-state index contributed by atoms with van der Waals surface area (Å²) in [5.41, 5.74) is 0.863. The maximum absolute atomic E-state index is 12.8. The number of rotatable bonds is 4. The van der Waals surface area contributed by atoms with Gasteiger partial charge >= 0.3 is 0 Å². The van der Waals surface area contributed by atoms with Gasteiger partial charge in [0.25, 0.3) is 0 Å². The van der Waals surface area contributed by atoms with Gasteiger partial charge in [-0.1, -0.05) is 24.3 Å². The van der Waals surface area contributed by atoms with Crippen molar-refractivity contribution < 1.29 is 18.6 Å². The first kappa shape index (κ1) is 16.8. The van der Waals surface area contributed by atoms with Gasteiger partial charge in [0.15, 0.2) is 0 Å². The number of sulfone groups is 1. The van der Waals surface area contributed by atoms with Gasteiger partial charge < -0.3 is 10.2 Å². The number of benzene rings is 2. The number of allylic oxidation sites excluding steroid dienone is 2. The van der Waals surface area contributed by atoms with E-state index in [9.17, 15) is 18.6 Å². The second-order valence-corrected chi connectivity index (χ2v) is 6.89. The summed E-state index contributed by atoms with van der Waals surface area (Å²) in [4.78, 5) is 0.168. The van der Waals surface area contributed by atoms with Crippen molar-refractivity contribution >= 4 is 22.0 Å². The molecule has 4 nitrogen and oxygen atoms in total. The second-order valence-electron chi connectivity index (χ2n) is 4.94. The Morgan fingerprint density at radius 2 is 1.17 bits per heavy atom. The predicted molar refractivity (Wildman–Crippen MR) is 91.1 cm³/mol. The molecule has 0 atom stereocenters. The summed E-state index contributed by atoms with van der Waals surface area (Å²) in [6.07, 6.45) is 6.71. The first-order valence-electron chi connectivity index (χ1n) is 7.06. The molecule has 0 heterocycles. The molecule has 0 aliphatic rings. The van der Waals surface area contributed by atoms with Crippen molar-refractivity contribution in [3.05, 3.63) is 59.7 Å². The minimum atomic E-state index is -3.74. The van der Waals surface area contributed by atoms with Gasteiger partial charge in [-0.05, 0) is 50.2 Å². The van der Waals surface area contributed by atoms with Gasteiger partial charge in [0, 0.05) is 11.1 Å². The van der Waals surface area contributed by atoms with Crippen LogP contribution in [0, 0.1) is 0 Å². The molecule has 0 radical (unpaired) electrons. The van der Waals surface area contributed by atoms with Crippen LogP contribution in [0.3, 0.4) is 0 Å². The molecule has 2 aromatic carbocycles. The lowest BCUT2D eigenvalue weighted by atomic mass is 10.2. The molecule has 0 aliphatic heterocycles. The van der Waals surface area contributed by atoms with Gasteiger partial charge in [-0.3, -0.25) is 0 Å². The van der Waals surface area contributed by atoms with E-state index in [2.05, 4.69) is 0 Å². The van der Waals surface area contributed by atoms with E-state index in [1.165, 1.54) is 36.4 Å². The maximum Gasteiger partial charge on any atom is 0.206 e. The number of aromatic hydroxyl groups is 2. The summed E-state index contributed by atoms with van der Waals surface area (Å²) in [6.45, 7) is 3.56. The molecule has 0 unspecified atom stereocenters. The third-order valence-electron chi connectivity index (χ3n) is 3.31. The second kappa shape index (κ2) is 6.71. The third kappa shape index (κ3) is 3.46. The topological polar surface area (TPSA) is 74.6 Å². The molecule has 120 valence electrons. The van der Waals surface area contributed by atoms with E-state index in [0.717, 1.165) is 0 Å². The molecule has 0 saturated carbocycles. The quantitative estimate of drug-likeness (QED) is 0.888. The number of phenols is 2. The molecule has 5 heteroatoms. The summed E-state index contributed by atoms with van der Waals surface area (Å²) in [6, 6.07) is 8.28. The molecule has 2 rings (SSSR count). The Labute approximate surface area is 136 Å². The molecule has 0 amide bonds. The fourth-order valence-corrected chi connectivity index (χ4v) is 3.49. The van der Waals surface area contributed by atoms with Crippen LogP contribution < -0.4 is 0 Å². The number of phenolic OH excluding ortho intramolecular Hbond substituents is 2. The van der Waals surface area contributed by atoms with E-state index in [1.807, 2.05) is 0 Å². The van der Waals surface area contributed by atoms with Crippen molar-refractivity contribution in [3.63, 3.8) is 0 Å². The van der Waals surface area contributed by atoms with Crippen molar-refractivity contribution in [2.45, 2.75) is 23.6 Å². The molecule has 0 aliphatic carbocycles. The highest BCUT2D eigenvalue weighted by molar-refractivity contribution is 7.91. The van der Waals surface area contributed by atoms with Crippen molar-refractivity contribution in [3.8, 4) is 11.5 Å². The SMILES string of the molecule is C/C=C/c1cc(S(=O)(=O)c2ccc(O)c(/C=C/C)c2)ccc1O. The molecule has 2 N–H and O–H groups in total. The number of hydrogen-bond donors (Lipinski definition) is 2. The lowest BCUT2D eigenvalue weighted by Gasteiger charge is -2.09. The zero-order chi connectivity index (χ0) is 17.0. The first-order chi connectivity index (χ1) is 10.9. The third-order valence-corrected chi connectivity index (χ3v) is 5.06. The Morgan fingerprint density at radius 1 is 0.783 bits per heavy atom. The van der Waals surface area contributed by atoms with Crippen molar-refractivity contribution in [2.75, 3.05) is 0 Å². The normalized spacial score (nSPS) is 12.3. The fraction of sp³-hybridized carbons (Fsp3) is 0.111. The fourth-order valence-electron chi connectivity index (χ4n) is 2.16. The predicted octanol–water partition coefficient (Wildman–Crippen LogP) is 4.00. The van der Waals surface area contributed by atoms with Crippen LogP contribution in [-0.2, 0) is 9.84 Å². The lowest BCUT2D eigenvalue weighted by molar-refractivity contribution is 0.473. The molecule has 0 bridgehead atoms. The molecule has 0 spiro atoms. The van der Waals surface area contributed by atoms with Crippen LogP contribution in [-0.4, -0.2) is 18.6 Å². The van der Waals surface area contributed by atoms with E-state index in [-0.39, 0.29) is 21.3 Å². The average molecular weight is 330 g/mol. The Kier molecular flexibility index (Phi) is 4.91. The number of hydrogen-bond acceptors (Lipinski definition) is 4. The smallest absolute Gasteiger partial charge is 0.206 e. The van der Waals surface area contributed by atoms with Crippen LogP contribution in [0.2, 0.25) is 0 Å². The van der Waals surface area contributed by atoms with Crippen molar-refractivity contribution in [2.24, 2.45) is 0 Å². The minimum absolute atomic E-state index is 0.0161. The zero-order valence-electron chi connectivity index (χ0n) is 12.9. The van der Waals surface area contributed by atoms with E-state index < -0.39 is 9.84 Å². The van der Waals surface area contributed by atoms with E-state index >= 15 is 0 Å². The summed E-state index contributed by atoms with van der Waals surface area (Å²) in [5.74, 6) is 0.0322. The Bertz CT molecular complexity index is 810. The van der Waals surface area contributed by atoms with E-state index in [4.69, 9.17) is 0 Å². The monoisotopic (exact) mass is 330 g/mol. The van der Waals surface area contributed by atoms with Gasteiger partial charge in [0.1, 0.15) is 11.5 Å². The van der Waals surface area contributed by atoms with Crippen LogP contribution in [0.25, 0.3) is 12.2 Å². The standard InChI is InChI=1S/C18H18O4S/c1-3-5-13-11-15(7-9-17(13)19)23(21,22)16-8-10-18(20)14(12-16)6-4-2/h3-12,19-20H,1-2H3/b5-3+,6-4+. The van der Waals surface area contributed by atoms with Gasteiger partial charge in [-0.25, -0.2) is 8.42 Å². The van der Waals surface area contributed by atoms with Crippen LogP contribution in [0.1, 0.15) is 25.0 Å². The molecular weight excluding hydrogens is 312 g/mol. The molecule has 0 aromatic heterocycles. The van der Waals surface area contributed by atoms with Crippen molar-refractivity contribution in [1.82, 2.24) is 0 Å². The molecule has 23 heavy (non-hydrogen) atoms. The zero-order valence-corrected chi connectivity index (χ0v) is 13.7. The van der Waals surface area contributed by atoms with Crippen LogP contribution in [0.15, 0.2) is 58.3 Å². The Morgan fingerprint density at radius 3 is 1.52 bits per heavy atom. The highest BCUT2D eigenvalue weighted by Crippen LogP contribution is 2.29. The highest BCUT2D eigenvalue weighted by atomic mass is 32.2. The van der Waals surface area contributed by atoms with E-state index in [1.54, 1.807) is 38.2 Å². The van der Waals surface area contributed by atoms with Crippen LogP contribution >= 0.6 is 0 Å². The van der Waals surface area contributed by atoms with Gasteiger partial charge in [-0.15, -0.1) is 0 Å². The maximum atomic E-state index is 12.8. The Balaban J connectivity index is 2.59. The Hall–Kier alpha value is -2.53. The first-order valence-corrected chi connectivity index (χ1v) is 8.55. The molecule has 2 aromatic rings.